The van der Waals surface area contributed by atoms with Gasteiger partial charge in [-0.25, -0.2) is 0 Å². The first-order valence-electron chi connectivity index (χ1n) is 14.5. The van der Waals surface area contributed by atoms with Gasteiger partial charge in [-0.3, -0.25) is 25.2 Å². The van der Waals surface area contributed by atoms with Crippen LogP contribution in [-0.4, -0.2) is 48.1 Å². The Hall–Kier alpha value is -4.41. The fraction of sp³-hybridized carbons (Fsp3) is 0.452. The SMILES string of the molecule is C[C@@](Cc1ccc(C(=N)N)cc1)(C(=O)N[C@H](C(=O)N[C@@H](CCCNC(=N)N)C(N)=O)C1CCCCC1)c1ccccc1. The van der Waals surface area contributed by atoms with Crippen molar-refractivity contribution in [1.29, 1.82) is 10.8 Å². The molecule has 1 saturated carbocycles. The zero-order valence-corrected chi connectivity index (χ0v) is 24.2. The molecule has 0 saturated heterocycles. The van der Waals surface area contributed by atoms with Gasteiger partial charge in [0.05, 0.1) is 5.41 Å². The van der Waals surface area contributed by atoms with Crippen LogP contribution in [0.15, 0.2) is 54.6 Å². The van der Waals surface area contributed by atoms with Crippen LogP contribution in [0.25, 0.3) is 0 Å². The van der Waals surface area contributed by atoms with Crippen LogP contribution in [0.3, 0.4) is 0 Å². The molecule has 2 aromatic rings. The molecule has 1 aliphatic rings. The molecule has 3 rings (SSSR count). The van der Waals surface area contributed by atoms with Crippen LogP contribution in [0.5, 0.6) is 0 Å². The molecule has 42 heavy (non-hydrogen) atoms. The number of hydrogen-bond donors (Lipinski definition) is 8. The molecule has 0 bridgehead atoms. The monoisotopic (exact) mass is 576 g/mol. The van der Waals surface area contributed by atoms with E-state index >= 15 is 0 Å². The second-order valence-corrected chi connectivity index (χ2v) is 11.3. The number of carbonyl (C=O) groups is 3. The molecule has 0 aliphatic heterocycles. The number of rotatable bonds is 14. The third-order valence-corrected chi connectivity index (χ3v) is 8.07. The van der Waals surface area contributed by atoms with Gasteiger partial charge in [-0.15, -0.1) is 0 Å². The van der Waals surface area contributed by atoms with E-state index in [1.54, 1.807) is 12.1 Å². The van der Waals surface area contributed by atoms with Gasteiger partial charge in [0.1, 0.15) is 17.9 Å². The molecule has 2 aromatic carbocycles. The van der Waals surface area contributed by atoms with Gasteiger partial charge in [-0.2, -0.15) is 0 Å². The van der Waals surface area contributed by atoms with Crippen molar-refractivity contribution in [3.05, 3.63) is 71.3 Å². The molecular weight excluding hydrogens is 532 g/mol. The predicted molar refractivity (Wildman–Crippen MR) is 164 cm³/mol. The van der Waals surface area contributed by atoms with Gasteiger partial charge in [0.25, 0.3) is 0 Å². The smallest absolute Gasteiger partial charge is 0.243 e. The number of amides is 3. The molecule has 226 valence electrons. The van der Waals surface area contributed by atoms with Crippen molar-refractivity contribution in [2.24, 2.45) is 23.1 Å². The Bertz CT molecular complexity index is 1240. The van der Waals surface area contributed by atoms with E-state index in [1.165, 1.54) is 0 Å². The number of nitrogens with one attached hydrogen (secondary N) is 5. The number of guanidine groups is 1. The number of nitrogens with two attached hydrogens (primary N) is 3. The van der Waals surface area contributed by atoms with E-state index in [2.05, 4.69) is 16.0 Å². The highest BCUT2D eigenvalue weighted by atomic mass is 16.2. The van der Waals surface area contributed by atoms with E-state index in [-0.39, 0.29) is 30.0 Å². The minimum Gasteiger partial charge on any atom is -0.384 e. The minimum absolute atomic E-state index is 0.0316. The number of hydrogen-bond acceptors (Lipinski definition) is 5. The van der Waals surface area contributed by atoms with Crippen LogP contribution in [-0.2, 0) is 26.2 Å². The lowest BCUT2D eigenvalue weighted by atomic mass is 9.75. The fourth-order valence-electron chi connectivity index (χ4n) is 5.57. The molecule has 0 aromatic heterocycles. The number of primary amides is 1. The normalized spacial score (nSPS) is 16.3. The summed E-state index contributed by atoms with van der Waals surface area (Å²) < 4.78 is 0. The molecule has 0 heterocycles. The maximum absolute atomic E-state index is 14.2. The van der Waals surface area contributed by atoms with E-state index < -0.39 is 29.3 Å². The molecule has 0 unspecified atom stereocenters. The van der Waals surface area contributed by atoms with Crippen LogP contribution in [0.1, 0.15) is 68.6 Å². The second kappa shape index (κ2) is 15.0. The molecule has 0 spiro atoms. The Morgan fingerprint density at radius 2 is 1.57 bits per heavy atom. The van der Waals surface area contributed by atoms with Crippen LogP contribution < -0.4 is 33.2 Å². The largest absolute Gasteiger partial charge is 0.384 e. The van der Waals surface area contributed by atoms with Crippen molar-refractivity contribution in [3.63, 3.8) is 0 Å². The molecule has 3 atom stereocenters. The first-order chi connectivity index (χ1) is 20.0. The lowest BCUT2D eigenvalue weighted by Crippen LogP contribution is -2.58. The standard InChI is InChI=1S/C31H44N8O3/c1-31(23-11-6-3-7-12-23,19-20-14-16-22(17-15-20)26(32)33)29(42)39-25(21-9-4-2-5-10-21)28(41)38-24(27(34)40)13-8-18-37-30(35)36/h3,6-7,11-12,14-17,21,24-25H,2,4-5,8-10,13,18-19H2,1H3,(H3,32,33)(H2,34,40)(H,38,41)(H,39,42)(H4,35,36,37)/t24-,25-,31-/m0/s1. The van der Waals surface area contributed by atoms with Gasteiger partial charge < -0.3 is 33.2 Å². The van der Waals surface area contributed by atoms with Crippen molar-refractivity contribution < 1.29 is 14.4 Å². The number of amidine groups is 1. The first kappa shape index (κ1) is 32.1. The zero-order valence-electron chi connectivity index (χ0n) is 24.2. The number of benzene rings is 2. The summed E-state index contributed by atoms with van der Waals surface area (Å²) in [6.45, 7) is 2.22. The molecule has 1 fully saturated rings. The number of carbonyl (C=O) groups excluding carboxylic acids is 3. The van der Waals surface area contributed by atoms with Crippen LogP contribution >= 0.6 is 0 Å². The van der Waals surface area contributed by atoms with Crippen molar-refractivity contribution in [2.75, 3.05) is 6.54 Å². The van der Waals surface area contributed by atoms with Gasteiger partial charge in [-0.1, -0.05) is 73.9 Å². The van der Waals surface area contributed by atoms with Gasteiger partial charge in [0, 0.05) is 12.1 Å². The summed E-state index contributed by atoms with van der Waals surface area (Å²) in [5.74, 6) is -1.67. The van der Waals surface area contributed by atoms with Gasteiger partial charge in [-0.05, 0) is 56.1 Å². The molecular formula is C31H44N8O3. The minimum atomic E-state index is -1.02. The van der Waals surface area contributed by atoms with Crippen molar-refractivity contribution in [3.8, 4) is 0 Å². The van der Waals surface area contributed by atoms with E-state index in [4.69, 9.17) is 28.0 Å². The fourth-order valence-corrected chi connectivity index (χ4v) is 5.57. The Balaban J connectivity index is 1.86. The quantitative estimate of drug-likeness (QED) is 0.0952. The van der Waals surface area contributed by atoms with Crippen molar-refractivity contribution in [2.45, 2.75) is 75.8 Å². The third-order valence-electron chi connectivity index (χ3n) is 8.07. The molecule has 11 N–H and O–H groups in total. The highest BCUT2D eigenvalue weighted by molar-refractivity contribution is 5.96. The first-order valence-corrected chi connectivity index (χ1v) is 14.5. The van der Waals surface area contributed by atoms with Crippen molar-refractivity contribution in [1.82, 2.24) is 16.0 Å². The van der Waals surface area contributed by atoms with Crippen LogP contribution in [0.4, 0.5) is 0 Å². The third kappa shape index (κ3) is 8.79. The van der Waals surface area contributed by atoms with E-state index in [9.17, 15) is 14.4 Å². The van der Waals surface area contributed by atoms with Gasteiger partial charge in [0.2, 0.25) is 17.7 Å². The van der Waals surface area contributed by atoms with Gasteiger partial charge in [0.15, 0.2) is 5.96 Å². The topological polar surface area (TPSA) is 213 Å². The lowest BCUT2D eigenvalue weighted by molar-refractivity contribution is -0.135. The lowest BCUT2D eigenvalue weighted by Gasteiger charge is -2.35. The van der Waals surface area contributed by atoms with E-state index in [1.807, 2.05) is 49.4 Å². The predicted octanol–water partition coefficient (Wildman–Crippen LogP) is 1.77. The van der Waals surface area contributed by atoms with Crippen LogP contribution in [0, 0.1) is 16.7 Å². The molecule has 1 aliphatic carbocycles. The summed E-state index contributed by atoms with van der Waals surface area (Å²) in [6.07, 6.45) is 5.65. The zero-order chi connectivity index (χ0) is 30.7. The molecule has 0 radical (unpaired) electrons. The molecule has 11 heteroatoms. The highest BCUT2D eigenvalue weighted by Gasteiger charge is 2.40. The Kier molecular flexibility index (Phi) is 11.5. The summed E-state index contributed by atoms with van der Waals surface area (Å²) in [7, 11) is 0. The summed E-state index contributed by atoms with van der Waals surface area (Å²) >= 11 is 0. The highest BCUT2D eigenvalue weighted by Crippen LogP contribution is 2.31. The van der Waals surface area contributed by atoms with Crippen LogP contribution in [0.2, 0.25) is 0 Å². The summed E-state index contributed by atoms with van der Waals surface area (Å²) in [4.78, 5) is 40.2. The summed E-state index contributed by atoms with van der Waals surface area (Å²) in [5.41, 5.74) is 17.8. The maximum atomic E-state index is 14.2. The Morgan fingerprint density at radius 3 is 2.14 bits per heavy atom. The second-order valence-electron chi connectivity index (χ2n) is 11.3. The van der Waals surface area contributed by atoms with Gasteiger partial charge >= 0.3 is 0 Å². The molecule has 11 nitrogen and oxygen atoms in total. The molecule has 3 amide bonds. The summed E-state index contributed by atoms with van der Waals surface area (Å²) in [6, 6.07) is 14.9. The average Bonchev–Trinajstić information content (AvgIpc) is 2.98. The Morgan fingerprint density at radius 1 is 0.929 bits per heavy atom. The number of nitrogen functional groups attached to an aromatic ring is 1. The van der Waals surface area contributed by atoms with E-state index in [0.29, 0.717) is 24.9 Å². The van der Waals surface area contributed by atoms with E-state index in [0.717, 1.165) is 43.2 Å². The average molecular weight is 577 g/mol. The maximum Gasteiger partial charge on any atom is 0.243 e. The summed E-state index contributed by atoms with van der Waals surface area (Å²) in [5, 5.41) is 23.5. The van der Waals surface area contributed by atoms with Crippen molar-refractivity contribution >= 4 is 29.5 Å². The Labute approximate surface area is 247 Å².